The molecule has 1 amide bonds. The van der Waals surface area contributed by atoms with Crippen LogP contribution >= 0.6 is 0 Å². The Bertz CT molecular complexity index is 665. The number of carboxylic acids is 1. The largest absolute Gasteiger partial charge is 0.481 e. The molecular formula is C21H30N2O3. The molecule has 0 bridgehead atoms. The molecule has 142 valence electrons. The van der Waals surface area contributed by atoms with Crippen LogP contribution in [-0.4, -0.2) is 42.0 Å². The van der Waals surface area contributed by atoms with Crippen molar-refractivity contribution in [2.24, 2.45) is 11.8 Å². The van der Waals surface area contributed by atoms with Crippen molar-refractivity contribution in [1.82, 2.24) is 4.90 Å². The van der Waals surface area contributed by atoms with Gasteiger partial charge >= 0.3 is 5.97 Å². The molecule has 1 saturated carbocycles. The summed E-state index contributed by atoms with van der Waals surface area (Å²) in [5.74, 6) is 0.0271. The molecule has 3 rings (SSSR count). The van der Waals surface area contributed by atoms with Gasteiger partial charge in [0.25, 0.3) is 0 Å². The van der Waals surface area contributed by atoms with E-state index in [2.05, 4.69) is 30.0 Å². The third-order valence-electron chi connectivity index (χ3n) is 6.05. The van der Waals surface area contributed by atoms with Crippen molar-refractivity contribution in [3.8, 4) is 0 Å². The summed E-state index contributed by atoms with van der Waals surface area (Å²) < 4.78 is 0. The number of hydrogen-bond acceptors (Lipinski definition) is 3. The van der Waals surface area contributed by atoms with E-state index in [1.165, 1.54) is 11.1 Å². The molecule has 5 heteroatoms. The van der Waals surface area contributed by atoms with Crippen LogP contribution in [-0.2, 0) is 22.6 Å². The third-order valence-corrected chi connectivity index (χ3v) is 6.05. The number of nitrogens with zero attached hydrogens (tertiary/aromatic N) is 2. The fourth-order valence-corrected chi connectivity index (χ4v) is 4.33. The maximum Gasteiger partial charge on any atom is 0.306 e. The predicted octanol–water partition coefficient (Wildman–Crippen LogP) is 3.31. The normalized spacial score (nSPS) is 23.2. The molecular weight excluding hydrogens is 328 g/mol. The second-order valence-electron chi connectivity index (χ2n) is 7.80. The van der Waals surface area contributed by atoms with E-state index in [9.17, 15) is 9.59 Å². The van der Waals surface area contributed by atoms with E-state index < -0.39 is 5.97 Å². The number of carbonyl (C=O) groups is 2. The quantitative estimate of drug-likeness (QED) is 0.847. The van der Waals surface area contributed by atoms with Gasteiger partial charge in [-0.3, -0.25) is 14.5 Å². The van der Waals surface area contributed by atoms with E-state index in [-0.39, 0.29) is 11.8 Å². The van der Waals surface area contributed by atoms with Gasteiger partial charge in [0.2, 0.25) is 5.91 Å². The Morgan fingerprint density at radius 1 is 1.23 bits per heavy atom. The number of benzene rings is 1. The second-order valence-corrected chi connectivity index (χ2v) is 7.80. The summed E-state index contributed by atoms with van der Waals surface area (Å²) in [6.07, 6.45) is 5.09. The topological polar surface area (TPSA) is 60.9 Å². The number of carbonyl (C=O) groups excluding carboxylic acids is 1. The lowest BCUT2D eigenvalue weighted by Gasteiger charge is -2.31. The standard InChI is InChI=1S/C21H30N2O3/c1-3-23(13-15-4-7-17(8-5-15)21(25)26)14-16-6-10-19-18(12-16)9-11-20(24)22(19)2/h6,10,12,15,17H,3-5,7-9,11,13-14H2,1-2H3,(H,25,26). The van der Waals surface area contributed by atoms with Gasteiger partial charge in [0, 0.05) is 32.2 Å². The number of rotatable bonds is 6. The van der Waals surface area contributed by atoms with Crippen molar-refractivity contribution in [2.45, 2.75) is 52.0 Å². The second kappa shape index (κ2) is 8.21. The first kappa shape index (κ1) is 18.9. The van der Waals surface area contributed by atoms with Gasteiger partial charge in [-0.25, -0.2) is 0 Å². The van der Waals surface area contributed by atoms with Gasteiger partial charge in [0.15, 0.2) is 0 Å². The summed E-state index contributed by atoms with van der Waals surface area (Å²) in [5.41, 5.74) is 3.61. The van der Waals surface area contributed by atoms with E-state index >= 15 is 0 Å². The van der Waals surface area contributed by atoms with Crippen LogP contribution in [0, 0.1) is 11.8 Å². The van der Waals surface area contributed by atoms with Gasteiger partial charge < -0.3 is 10.0 Å². The van der Waals surface area contributed by atoms with Crippen LogP contribution in [0.25, 0.3) is 0 Å². The molecule has 2 aliphatic rings. The molecule has 1 fully saturated rings. The van der Waals surface area contributed by atoms with Gasteiger partial charge in [-0.1, -0.05) is 19.1 Å². The van der Waals surface area contributed by atoms with Gasteiger partial charge in [-0.05, 0) is 61.8 Å². The molecule has 0 unspecified atom stereocenters. The zero-order valence-electron chi connectivity index (χ0n) is 15.9. The first-order valence-corrected chi connectivity index (χ1v) is 9.81. The molecule has 0 aromatic heterocycles. The molecule has 1 N–H and O–H groups in total. The predicted molar refractivity (Wildman–Crippen MR) is 102 cm³/mol. The minimum absolute atomic E-state index is 0.137. The molecule has 5 nitrogen and oxygen atoms in total. The molecule has 1 aliphatic carbocycles. The lowest BCUT2D eigenvalue weighted by Crippen LogP contribution is -2.33. The van der Waals surface area contributed by atoms with Gasteiger partial charge in [-0.2, -0.15) is 0 Å². The van der Waals surface area contributed by atoms with Crippen LogP contribution in [0.5, 0.6) is 0 Å². The monoisotopic (exact) mass is 358 g/mol. The summed E-state index contributed by atoms with van der Waals surface area (Å²) >= 11 is 0. The maximum absolute atomic E-state index is 11.8. The number of fused-ring (bicyclic) bond motifs is 1. The Kier molecular flexibility index (Phi) is 5.97. The number of anilines is 1. The summed E-state index contributed by atoms with van der Waals surface area (Å²) in [6, 6.07) is 6.47. The van der Waals surface area contributed by atoms with Crippen LogP contribution < -0.4 is 4.90 Å². The number of carboxylic acid groups (broad SMARTS) is 1. The smallest absolute Gasteiger partial charge is 0.306 e. The van der Waals surface area contributed by atoms with Crippen molar-refractivity contribution in [3.05, 3.63) is 29.3 Å². The number of aryl methyl sites for hydroxylation is 1. The fourth-order valence-electron chi connectivity index (χ4n) is 4.33. The first-order valence-electron chi connectivity index (χ1n) is 9.81. The van der Waals surface area contributed by atoms with Crippen molar-refractivity contribution >= 4 is 17.6 Å². The van der Waals surface area contributed by atoms with Crippen LogP contribution in [0.15, 0.2) is 18.2 Å². The van der Waals surface area contributed by atoms with Gasteiger partial charge in [0.05, 0.1) is 5.92 Å². The van der Waals surface area contributed by atoms with Gasteiger partial charge in [0.1, 0.15) is 0 Å². The average molecular weight is 358 g/mol. The lowest BCUT2D eigenvalue weighted by atomic mass is 9.82. The molecule has 0 atom stereocenters. The Labute approximate surface area is 156 Å². The van der Waals surface area contributed by atoms with Gasteiger partial charge in [-0.15, -0.1) is 0 Å². The molecule has 0 radical (unpaired) electrons. The number of amides is 1. The number of hydrogen-bond donors (Lipinski definition) is 1. The Hall–Kier alpha value is -1.88. The minimum atomic E-state index is -0.631. The lowest BCUT2D eigenvalue weighted by molar-refractivity contribution is -0.143. The van der Waals surface area contributed by atoms with E-state index in [4.69, 9.17) is 5.11 Å². The van der Waals surface area contributed by atoms with E-state index in [0.717, 1.165) is 57.4 Å². The Morgan fingerprint density at radius 3 is 2.62 bits per heavy atom. The maximum atomic E-state index is 11.8. The Balaban J connectivity index is 1.59. The van der Waals surface area contributed by atoms with Crippen LogP contribution in [0.1, 0.15) is 50.2 Å². The van der Waals surface area contributed by atoms with Crippen molar-refractivity contribution < 1.29 is 14.7 Å². The summed E-state index contributed by atoms with van der Waals surface area (Å²) in [4.78, 5) is 27.2. The van der Waals surface area contributed by atoms with Crippen molar-refractivity contribution in [1.29, 1.82) is 0 Å². The van der Waals surface area contributed by atoms with Crippen molar-refractivity contribution in [3.63, 3.8) is 0 Å². The molecule has 26 heavy (non-hydrogen) atoms. The van der Waals surface area contributed by atoms with E-state index in [0.29, 0.717) is 12.3 Å². The molecule has 1 heterocycles. The summed E-state index contributed by atoms with van der Waals surface area (Å²) in [5, 5.41) is 9.14. The highest BCUT2D eigenvalue weighted by Crippen LogP contribution is 2.31. The third kappa shape index (κ3) is 4.26. The summed E-state index contributed by atoms with van der Waals surface area (Å²) in [6.45, 7) is 5.14. The molecule has 0 saturated heterocycles. The Morgan fingerprint density at radius 2 is 1.96 bits per heavy atom. The highest BCUT2D eigenvalue weighted by Gasteiger charge is 2.27. The van der Waals surface area contributed by atoms with Crippen molar-refractivity contribution in [2.75, 3.05) is 25.0 Å². The summed E-state index contributed by atoms with van der Waals surface area (Å²) in [7, 11) is 1.85. The SMILES string of the molecule is CCN(Cc1ccc2c(c1)CCC(=O)N2C)CC1CCC(C(=O)O)CC1. The van der Waals surface area contributed by atoms with E-state index in [1.807, 2.05) is 7.05 Å². The van der Waals surface area contributed by atoms with E-state index in [1.54, 1.807) is 4.90 Å². The zero-order chi connectivity index (χ0) is 18.7. The minimum Gasteiger partial charge on any atom is -0.481 e. The molecule has 1 aromatic rings. The number of aliphatic carboxylic acids is 1. The van der Waals surface area contributed by atoms with Crippen LogP contribution in [0.4, 0.5) is 5.69 Å². The average Bonchev–Trinajstić information content (AvgIpc) is 2.64. The highest BCUT2D eigenvalue weighted by molar-refractivity contribution is 5.95. The van der Waals surface area contributed by atoms with Crippen LogP contribution in [0.2, 0.25) is 0 Å². The first-order chi connectivity index (χ1) is 12.5. The highest BCUT2D eigenvalue weighted by atomic mass is 16.4. The zero-order valence-corrected chi connectivity index (χ0v) is 15.9. The molecule has 0 spiro atoms. The molecule has 1 aromatic carbocycles. The molecule has 1 aliphatic heterocycles. The van der Waals surface area contributed by atoms with Crippen LogP contribution in [0.3, 0.4) is 0 Å². The fraction of sp³-hybridized carbons (Fsp3) is 0.619.